The van der Waals surface area contributed by atoms with E-state index in [1.54, 1.807) is 12.1 Å². The van der Waals surface area contributed by atoms with Crippen molar-refractivity contribution in [2.75, 3.05) is 0 Å². The molecule has 2 heteroatoms. The van der Waals surface area contributed by atoms with Crippen LogP contribution in [0.15, 0.2) is 46.1 Å². The molecule has 0 aliphatic heterocycles. The first-order chi connectivity index (χ1) is 6.31. The minimum atomic E-state index is -0.339. The molecule has 0 atom stereocenters. The molecule has 0 saturated carbocycles. The van der Waals surface area contributed by atoms with Gasteiger partial charge in [0.2, 0.25) is 0 Å². The smallest absolute Gasteiger partial charge is 0.336 e. The van der Waals surface area contributed by atoms with Gasteiger partial charge in [0, 0.05) is 11.5 Å². The summed E-state index contributed by atoms with van der Waals surface area (Å²) in [4.78, 5) is 11.0. The number of benzene rings is 1. The van der Waals surface area contributed by atoms with Gasteiger partial charge >= 0.3 is 5.63 Å². The first-order valence-corrected chi connectivity index (χ1v) is 3.96. The van der Waals surface area contributed by atoms with Gasteiger partial charge in [-0.3, -0.25) is 0 Å². The Balaban J connectivity index is 2.97. The summed E-state index contributed by atoms with van der Waals surface area (Å²) in [6.45, 7) is 3.64. The van der Waals surface area contributed by atoms with E-state index in [2.05, 4.69) is 6.58 Å². The third kappa shape index (κ3) is 1.26. The fourth-order valence-electron chi connectivity index (χ4n) is 1.31. The standard InChI is InChI=1S/C11H8O2/c1-2-8-7-11(12)13-10-6-4-3-5-9(8)10/h2-7H,1H2. The van der Waals surface area contributed by atoms with Crippen LogP contribution in [0.2, 0.25) is 0 Å². The minimum Gasteiger partial charge on any atom is -0.423 e. The van der Waals surface area contributed by atoms with E-state index in [1.165, 1.54) is 6.07 Å². The van der Waals surface area contributed by atoms with Crippen molar-refractivity contribution in [1.82, 2.24) is 0 Å². The van der Waals surface area contributed by atoms with Crippen LogP contribution in [0.4, 0.5) is 0 Å². The van der Waals surface area contributed by atoms with Crippen molar-refractivity contribution in [1.29, 1.82) is 0 Å². The van der Waals surface area contributed by atoms with Gasteiger partial charge in [0.15, 0.2) is 0 Å². The highest BCUT2D eigenvalue weighted by atomic mass is 16.4. The third-order valence-corrected chi connectivity index (χ3v) is 1.90. The maximum Gasteiger partial charge on any atom is 0.336 e. The molecular formula is C11H8O2. The highest BCUT2D eigenvalue weighted by Crippen LogP contribution is 2.16. The average Bonchev–Trinajstić information content (AvgIpc) is 2.16. The quantitative estimate of drug-likeness (QED) is 0.618. The third-order valence-electron chi connectivity index (χ3n) is 1.90. The Morgan fingerprint density at radius 1 is 1.31 bits per heavy atom. The van der Waals surface area contributed by atoms with Crippen molar-refractivity contribution in [3.05, 3.63) is 52.9 Å². The highest BCUT2D eigenvalue weighted by Gasteiger charge is 2.00. The molecule has 0 spiro atoms. The Morgan fingerprint density at radius 3 is 2.85 bits per heavy atom. The van der Waals surface area contributed by atoms with E-state index >= 15 is 0 Å². The van der Waals surface area contributed by atoms with Crippen molar-refractivity contribution in [3.8, 4) is 0 Å². The van der Waals surface area contributed by atoms with E-state index in [0.717, 1.165) is 10.9 Å². The summed E-state index contributed by atoms with van der Waals surface area (Å²) in [6, 6.07) is 8.84. The SMILES string of the molecule is C=Cc1cc(=O)oc2ccccc12. The molecule has 64 valence electrons. The Bertz CT molecular complexity index is 509. The zero-order valence-corrected chi connectivity index (χ0v) is 6.99. The summed E-state index contributed by atoms with van der Waals surface area (Å²) in [5.74, 6) is 0. The maximum atomic E-state index is 11.0. The lowest BCUT2D eigenvalue weighted by Crippen LogP contribution is -1.97. The molecule has 0 unspecified atom stereocenters. The molecule has 0 fully saturated rings. The number of hydrogen-bond donors (Lipinski definition) is 0. The number of hydrogen-bond acceptors (Lipinski definition) is 2. The predicted octanol–water partition coefficient (Wildman–Crippen LogP) is 2.44. The molecule has 1 aromatic heterocycles. The van der Waals surface area contributed by atoms with Crippen LogP contribution in [0.3, 0.4) is 0 Å². The van der Waals surface area contributed by atoms with Crippen LogP contribution in [0, 0.1) is 0 Å². The van der Waals surface area contributed by atoms with Gasteiger partial charge in [-0.25, -0.2) is 4.79 Å². The molecule has 13 heavy (non-hydrogen) atoms. The van der Waals surface area contributed by atoms with Crippen LogP contribution in [-0.2, 0) is 0 Å². The summed E-state index contributed by atoms with van der Waals surface area (Å²) in [6.07, 6.45) is 1.65. The van der Waals surface area contributed by atoms with Crippen molar-refractivity contribution in [3.63, 3.8) is 0 Å². The molecule has 0 amide bonds. The van der Waals surface area contributed by atoms with Gasteiger partial charge in [0.1, 0.15) is 5.58 Å². The Kier molecular flexibility index (Phi) is 1.74. The predicted molar refractivity (Wildman–Crippen MR) is 52.6 cm³/mol. The van der Waals surface area contributed by atoms with Crippen LogP contribution < -0.4 is 5.63 Å². The van der Waals surface area contributed by atoms with E-state index in [-0.39, 0.29) is 5.63 Å². The molecule has 2 nitrogen and oxygen atoms in total. The van der Waals surface area contributed by atoms with Crippen LogP contribution in [-0.4, -0.2) is 0 Å². The largest absolute Gasteiger partial charge is 0.423 e. The van der Waals surface area contributed by atoms with Gasteiger partial charge in [-0.05, 0) is 11.6 Å². The van der Waals surface area contributed by atoms with Crippen LogP contribution in [0.25, 0.3) is 17.0 Å². The summed E-state index contributed by atoms with van der Waals surface area (Å²) >= 11 is 0. The van der Waals surface area contributed by atoms with E-state index in [0.29, 0.717) is 5.58 Å². The van der Waals surface area contributed by atoms with E-state index in [9.17, 15) is 4.79 Å². The van der Waals surface area contributed by atoms with Gasteiger partial charge in [0.05, 0.1) is 0 Å². The first-order valence-electron chi connectivity index (χ1n) is 3.96. The molecular weight excluding hydrogens is 164 g/mol. The molecule has 0 aliphatic rings. The summed E-state index contributed by atoms with van der Waals surface area (Å²) in [5.41, 5.74) is 1.07. The number of para-hydroxylation sites is 1. The first kappa shape index (κ1) is 7.80. The van der Waals surface area contributed by atoms with Crippen molar-refractivity contribution in [2.45, 2.75) is 0 Å². The lowest BCUT2D eigenvalue weighted by atomic mass is 10.1. The van der Waals surface area contributed by atoms with Crippen molar-refractivity contribution >= 4 is 17.0 Å². The summed E-state index contributed by atoms with van der Waals surface area (Å²) in [7, 11) is 0. The molecule has 0 aliphatic carbocycles. The lowest BCUT2D eigenvalue weighted by Gasteiger charge is -1.98. The van der Waals surface area contributed by atoms with E-state index in [1.807, 2.05) is 18.2 Å². The van der Waals surface area contributed by atoms with Gasteiger partial charge in [-0.2, -0.15) is 0 Å². The normalized spacial score (nSPS) is 10.2. The fraction of sp³-hybridized carbons (Fsp3) is 0. The molecule has 0 saturated heterocycles. The van der Waals surface area contributed by atoms with Crippen LogP contribution in [0.5, 0.6) is 0 Å². The zero-order valence-electron chi connectivity index (χ0n) is 6.99. The van der Waals surface area contributed by atoms with E-state index < -0.39 is 0 Å². The second-order valence-electron chi connectivity index (χ2n) is 2.72. The summed E-state index contributed by atoms with van der Waals surface area (Å²) in [5, 5.41) is 0.914. The number of rotatable bonds is 1. The molecule has 2 aromatic rings. The Morgan fingerprint density at radius 2 is 2.08 bits per heavy atom. The topological polar surface area (TPSA) is 30.2 Å². The van der Waals surface area contributed by atoms with Crippen molar-refractivity contribution in [2.24, 2.45) is 0 Å². The van der Waals surface area contributed by atoms with Crippen LogP contribution in [0.1, 0.15) is 5.56 Å². The molecule has 0 N–H and O–H groups in total. The van der Waals surface area contributed by atoms with Gasteiger partial charge in [0.25, 0.3) is 0 Å². The Hall–Kier alpha value is -1.83. The molecule has 0 radical (unpaired) electrons. The average molecular weight is 172 g/mol. The number of fused-ring (bicyclic) bond motifs is 1. The Labute approximate surface area is 75.1 Å². The second kappa shape index (κ2) is 2.90. The molecule has 1 aromatic carbocycles. The fourth-order valence-corrected chi connectivity index (χ4v) is 1.31. The molecule has 1 heterocycles. The van der Waals surface area contributed by atoms with E-state index in [4.69, 9.17) is 4.42 Å². The van der Waals surface area contributed by atoms with Gasteiger partial charge in [-0.15, -0.1) is 0 Å². The summed E-state index contributed by atoms with van der Waals surface area (Å²) < 4.78 is 5.00. The maximum absolute atomic E-state index is 11.0. The zero-order chi connectivity index (χ0) is 9.26. The highest BCUT2D eigenvalue weighted by molar-refractivity contribution is 5.85. The minimum absolute atomic E-state index is 0.339. The molecule has 0 bridgehead atoms. The second-order valence-corrected chi connectivity index (χ2v) is 2.72. The monoisotopic (exact) mass is 172 g/mol. The van der Waals surface area contributed by atoms with Crippen LogP contribution >= 0.6 is 0 Å². The van der Waals surface area contributed by atoms with Gasteiger partial charge in [-0.1, -0.05) is 30.9 Å². The lowest BCUT2D eigenvalue weighted by molar-refractivity contribution is 0.560. The molecule has 2 rings (SSSR count). The van der Waals surface area contributed by atoms with Crippen molar-refractivity contribution < 1.29 is 4.42 Å². The van der Waals surface area contributed by atoms with Gasteiger partial charge < -0.3 is 4.42 Å².